The Morgan fingerprint density at radius 2 is 2.31 bits per heavy atom. The number of rotatable bonds is 3. The lowest BCUT2D eigenvalue weighted by atomic mass is 9.97. The first-order valence-corrected chi connectivity index (χ1v) is 5.55. The van der Waals surface area contributed by atoms with Gasteiger partial charge < -0.3 is 5.32 Å². The molecule has 1 fully saturated rings. The first kappa shape index (κ1) is 10.8. The van der Waals surface area contributed by atoms with Gasteiger partial charge >= 0.3 is 0 Å². The summed E-state index contributed by atoms with van der Waals surface area (Å²) in [6.45, 7) is 4.09. The van der Waals surface area contributed by atoms with E-state index in [0.29, 0.717) is 11.8 Å². The second kappa shape index (κ2) is 4.85. The Balaban J connectivity index is 2.38. The van der Waals surface area contributed by atoms with E-state index < -0.39 is 0 Å². The van der Waals surface area contributed by atoms with Crippen LogP contribution in [0, 0.1) is 11.8 Å². The van der Waals surface area contributed by atoms with Crippen molar-refractivity contribution in [2.75, 3.05) is 5.88 Å². The molecule has 0 saturated heterocycles. The highest BCUT2D eigenvalue weighted by Crippen LogP contribution is 2.31. The molecule has 0 spiro atoms. The summed E-state index contributed by atoms with van der Waals surface area (Å²) in [6, 6.07) is 0.0990. The Hall–Kier alpha value is -0.240. The number of alkyl halides is 1. The molecule has 0 heterocycles. The first-order chi connectivity index (χ1) is 6.15. The van der Waals surface area contributed by atoms with Gasteiger partial charge in [-0.25, -0.2) is 0 Å². The van der Waals surface area contributed by atoms with Gasteiger partial charge in [0.15, 0.2) is 0 Å². The average Bonchev–Trinajstić information content (AvgIpc) is 2.51. The molecule has 0 aromatic rings. The fourth-order valence-electron chi connectivity index (χ4n) is 1.92. The average molecular weight is 204 g/mol. The van der Waals surface area contributed by atoms with Crippen LogP contribution >= 0.6 is 11.6 Å². The Morgan fingerprint density at radius 1 is 1.62 bits per heavy atom. The molecule has 13 heavy (non-hydrogen) atoms. The standard InChI is InChI=1S/C10H18ClNO/c1-7-4-3-5-9(7)10(13)12-8(2)6-11/h7-9H,3-6H2,1-2H3,(H,12,13). The zero-order valence-corrected chi connectivity index (χ0v) is 9.10. The van der Waals surface area contributed by atoms with Crippen molar-refractivity contribution in [3.8, 4) is 0 Å². The Morgan fingerprint density at radius 3 is 2.77 bits per heavy atom. The van der Waals surface area contributed by atoms with E-state index in [1.54, 1.807) is 0 Å². The van der Waals surface area contributed by atoms with Crippen LogP contribution in [-0.2, 0) is 4.79 Å². The van der Waals surface area contributed by atoms with E-state index in [0.717, 1.165) is 6.42 Å². The van der Waals surface area contributed by atoms with Gasteiger partial charge in [0.2, 0.25) is 5.91 Å². The number of hydrogen-bond acceptors (Lipinski definition) is 1. The third-order valence-corrected chi connectivity index (χ3v) is 3.28. The van der Waals surface area contributed by atoms with E-state index in [2.05, 4.69) is 12.2 Å². The van der Waals surface area contributed by atoms with Gasteiger partial charge in [0, 0.05) is 17.8 Å². The van der Waals surface area contributed by atoms with Crippen molar-refractivity contribution < 1.29 is 4.79 Å². The zero-order valence-electron chi connectivity index (χ0n) is 8.35. The van der Waals surface area contributed by atoms with Crippen molar-refractivity contribution >= 4 is 17.5 Å². The number of hydrogen-bond donors (Lipinski definition) is 1. The number of nitrogens with one attached hydrogen (secondary N) is 1. The maximum atomic E-state index is 11.7. The van der Waals surface area contributed by atoms with Gasteiger partial charge in [0.1, 0.15) is 0 Å². The molecule has 0 bridgehead atoms. The summed E-state index contributed by atoms with van der Waals surface area (Å²) in [6.07, 6.45) is 3.42. The Bertz CT molecular complexity index is 184. The summed E-state index contributed by atoms with van der Waals surface area (Å²) >= 11 is 5.62. The minimum absolute atomic E-state index is 0.0990. The van der Waals surface area contributed by atoms with Crippen LogP contribution in [0.25, 0.3) is 0 Å². The smallest absolute Gasteiger partial charge is 0.223 e. The van der Waals surface area contributed by atoms with E-state index in [-0.39, 0.29) is 17.9 Å². The molecule has 3 unspecified atom stereocenters. The summed E-state index contributed by atoms with van der Waals surface area (Å²) in [5.41, 5.74) is 0. The summed E-state index contributed by atoms with van der Waals surface area (Å²) in [5.74, 6) is 1.46. The topological polar surface area (TPSA) is 29.1 Å². The molecule has 1 N–H and O–H groups in total. The molecule has 1 aliphatic rings. The quantitative estimate of drug-likeness (QED) is 0.700. The van der Waals surface area contributed by atoms with Crippen molar-refractivity contribution in [3.05, 3.63) is 0 Å². The Kier molecular flexibility index (Phi) is 4.04. The molecular weight excluding hydrogens is 186 g/mol. The molecule has 2 nitrogen and oxygen atoms in total. The van der Waals surface area contributed by atoms with Gasteiger partial charge in [0.05, 0.1) is 0 Å². The third kappa shape index (κ3) is 2.87. The largest absolute Gasteiger partial charge is 0.352 e. The molecular formula is C10H18ClNO. The predicted octanol–water partition coefficient (Wildman–Crippen LogP) is 2.17. The van der Waals surface area contributed by atoms with Gasteiger partial charge in [-0.15, -0.1) is 11.6 Å². The van der Waals surface area contributed by atoms with E-state index in [9.17, 15) is 4.79 Å². The van der Waals surface area contributed by atoms with Crippen LogP contribution < -0.4 is 5.32 Å². The lowest BCUT2D eigenvalue weighted by Gasteiger charge is -2.17. The predicted molar refractivity (Wildman–Crippen MR) is 54.8 cm³/mol. The first-order valence-electron chi connectivity index (χ1n) is 5.01. The molecule has 1 rings (SSSR count). The van der Waals surface area contributed by atoms with Crippen molar-refractivity contribution in [1.82, 2.24) is 5.32 Å². The SMILES string of the molecule is CC(CCl)NC(=O)C1CCCC1C. The van der Waals surface area contributed by atoms with Crippen LogP contribution in [0.1, 0.15) is 33.1 Å². The lowest BCUT2D eigenvalue weighted by molar-refractivity contribution is -0.126. The van der Waals surface area contributed by atoms with E-state index >= 15 is 0 Å². The van der Waals surface area contributed by atoms with Gasteiger partial charge in [-0.2, -0.15) is 0 Å². The van der Waals surface area contributed by atoms with Crippen molar-refractivity contribution in [2.45, 2.75) is 39.2 Å². The van der Waals surface area contributed by atoms with E-state index in [1.807, 2.05) is 6.92 Å². The second-order valence-corrected chi connectivity index (χ2v) is 4.39. The second-order valence-electron chi connectivity index (χ2n) is 4.08. The number of carbonyl (C=O) groups excluding carboxylic acids is 1. The normalized spacial score (nSPS) is 30.1. The Labute approximate surface area is 85.0 Å². The summed E-state index contributed by atoms with van der Waals surface area (Å²) in [7, 11) is 0. The van der Waals surface area contributed by atoms with Gasteiger partial charge in [-0.3, -0.25) is 4.79 Å². The molecule has 1 saturated carbocycles. The highest BCUT2D eigenvalue weighted by molar-refractivity contribution is 6.18. The highest BCUT2D eigenvalue weighted by atomic mass is 35.5. The molecule has 3 heteroatoms. The lowest BCUT2D eigenvalue weighted by Crippen LogP contribution is -2.38. The maximum absolute atomic E-state index is 11.7. The molecule has 0 radical (unpaired) electrons. The molecule has 1 aliphatic carbocycles. The molecule has 3 atom stereocenters. The molecule has 0 aliphatic heterocycles. The minimum Gasteiger partial charge on any atom is -0.352 e. The van der Waals surface area contributed by atoms with Gasteiger partial charge in [0.25, 0.3) is 0 Å². The fraction of sp³-hybridized carbons (Fsp3) is 0.900. The summed E-state index contributed by atoms with van der Waals surface area (Å²) < 4.78 is 0. The van der Waals surface area contributed by atoms with E-state index in [1.165, 1.54) is 12.8 Å². The maximum Gasteiger partial charge on any atom is 0.223 e. The van der Waals surface area contributed by atoms with Crippen LogP contribution in [0.5, 0.6) is 0 Å². The van der Waals surface area contributed by atoms with Crippen LogP contribution in [0.15, 0.2) is 0 Å². The van der Waals surface area contributed by atoms with Crippen molar-refractivity contribution in [1.29, 1.82) is 0 Å². The van der Waals surface area contributed by atoms with Crippen LogP contribution in [0.4, 0.5) is 0 Å². The fourth-order valence-corrected chi connectivity index (χ4v) is 2.00. The third-order valence-electron chi connectivity index (χ3n) is 2.82. The van der Waals surface area contributed by atoms with Crippen LogP contribution in [-0.4, -0.2) is 17.8 Å². The number of amides is 1. The van der Waals surface area contributed by atoms with Gasteiger partial charge in [-0.1, -0.05) is 13.3 Å². The van der Waals surface area contributed by atoms with Crippen LogP contribution in [0.3, 0.4) is 0 Å². The highest BCUT2D eigenvalue weighted by Gasteiger charge is 2.29. The number of halogens is 1. The summed E-state index contributed by atoms with van der Waals surface area (Å²) in [5, 5.41) is 2.93. The number of carbonyl (C=O) groups is 1. The summed E-state index contributed by atoms with van der Waals surface area (Å²) in [4.78, 5) is 11.7. The van der Waals surface area contributed by atoms with Gasteiger partial charge in [-0.05, 0) is 25.7 Å². The zero-order chi connectivity index (χ0) is 9.84. The van der Waals surface area contributed by atoms with Crippen molar-refractivity contribution in [2.24, 2.45) is 11.8 Å². The van der Waals surface area contributed by atoms with Crippen LogP contribution in [0.2, 0.25) is 0 Å². The monoisotopic (exact) mass is 203 g/mol. The molecule has 76 valence electrons. The van der Waals surface area contributed by atoms with E-state index in [4.69, 9.17) is 11.6 Å². The van der Waals surface area contributed by atoms with Crippen molar-refractivity contribution in [3.63, 3.8) is 0 Å². The molecule has 0 aromatic heterocycles. The molecule has 0 aromatic carbocycles. The molecule has 1 amide bonds. The minimum atomic E-state index is 0.0990.